The number of hydrogen-bond donors (Lipinski definition) is 1. The largest absolute Gasteiger partial charge is 0.541 e. The van der Waals surface area contributed by atoms with E-state index >= 15 is 0 Å². The summed E-state index contributed by atoms with van der Waals surface area (Å²) in [7, 11) is -1.95. The first-order chi connectivity index (χ1) is 13.6. The lowest BCUT2D eigenvalue weighted by Crippen LogP contribution is -2.43. The SMILES string of the molecule is Cc1cc(Oc2ccccc2O[Si](C)(C)C(C)(C)C)ccc1Nc1cscc1C. The van der Waals surface area contributed by atoms with E-state index in [0.717, 1.165) is 34.2 Å². The molecule has 0 fully saturated rings. The Balaban J connectivity index is 1.80. The molecule has 154 valence electrons. The number of hydrogen-bond acceptors (Lipinski definition) is 4. The van der Waals surface area contributed by atoms with Gasteiger partial charge in [-0.3, -0.25) is 0 Å². The lowest BCUT2D eigenvalue weighted by Gasteiger charge is -2.36. The minimum atomic E-state index is -1.95. The average Bonchev–Trinajstić information content (AvgIpc) is 3.02. The third-order valence-electron chi connectivity index (χ3n) is 5.57. The molecule has 2 aromatic carbocycles. The minimum Gasteiger partial charge on any atom is -0.541 e. The normalized spacial score (nSPS) is 12.0. The third-order valence-corrected chi connectivity index (χ3v) is 10.8. The van der Waals surface area contributed by atoms with E-state index in [4.69, 9.17) is 9.16 Å². The summed E-state index contributed by atoms with van der Waals surface area (Å²) in [6, 6.07) is 14.1. The fraction of sp³-hybridized carbons (Fsp3) is 0.333. The van der Waals surface area contributed by atoms with Crippen molar-refractivity contribution in [2.45, 2.75) is 52.8 Å². The van der Waals surface area contributed by atoms with E-state index in [1.807, 2.05) is 30.3 Å². The predicted molar refractivity (Wildman–Crippen MR) is 128 cm³/mol. The van der Waals surface area contributed by atoms with Crippen LogP contribution in [0.4, 0.5) is 11.4 Å². The van der Waals surface area contributed by atoms with Crippen LogP contribution in [0.2, 0.25) is 18.1 Å². The van der Waals surface area contributed by atoms with Crippen LogP contribution in [0.15, 0.2) is 53.2 Å². The molecule has 3 nitrogen and oxygen atoms in total. The molecule has 3 aromatic rings. The van der Waals surface area contributed by atoms with Crippen molar-refractivity contribution in [1.29, 1.82) is 0 Å². The Bertz CT molecular complexity index is 989. The minimum absolute atomic E-state index is 0.129. The van der Waals surface area contributed by atoms with Gasteiger partial charge in [-0.2, -0.15) is 0 Å². The summed E-state index contributed by atoms with van der Waals surface area (Å²) >= 11 is 1.71. The van der Waals surface area contributed by atoms with Crippen molar-refractivity contribution in [3.05, 3.63) is 64.4 Å². The number of aryl methyl sites for hydroxylation is 2. The van der Waals surface area contributed by atoms with Gasteiger partial charge in [0.05, 0.1) is 5.69 Å². The van der Waals surface area contributed by atoms with Gasteiger partial charge in [0.15, 0.2) is 5.75 Å². The molecule has 0 unspecified atom stereocenters. The van der Waals surface area contributed by atoms with Gasteiger partial charge in [0.1, 0.15) is 11.5 Å². The van der Waals surface area contributed by atoms with Gasteiger partial charge in [-0.15, -0.1) is 11.3 Å². The summed E-state index contributed by atoms with van der Waals surface area (Å²) in [5.41, 5.74) is 4.63. The van der Waals surface area contributed by atoms with Crippen LogP contribution in [-0.4, -0.2) is 8.32 Å². The van der Waals surface area contributed by atoms with Crippen LogP contribution in [0, 0.1) is 13.8 Å². The van der Waals surface area contributed by atoms with Crippen molar-refractivity contribution >= 4 is 31.0 Å². The molecule has 0 amide bonds. The molecule has 0 radical (unpaired) electrons. The van der Waals surface area contributed by atoms with Gasteiger partial charge < -0.3 is 14.5 Å². The molecule has 0 aliphatic heterocycles. The zero-order valence-electron chi connectivity index (χ0n) is 18.4. The first-order valence-electron chi connectivity index (χ1n) is 9.93. The maximum atomic E-state index is 6.51. The predicted octanol–water partition coefficient (Wildman–Crippen LogP) is 8.28. The quantitative estimate of drug-likeness (QED) is 0.403. The van der Waals surface area contributed by atoms with Crippen LogP contribution >= 0.6 is 11.3 Å². The van der Waals surface area contributed by atoms with Crippen molar-refractivity contribution in [2.24, 2.45) is 0 Å². The maximum absolute atomic E-state index is 6.51. The second kappa shape index (κ2) is 8.25. The summed E-state index contributed by atoms with van der Waals surface area (Å²) in [5.74, 6) is 2.38. The van der Waals surface area contributed by atoms with Crippen LogP contribution in [0.5, 0.6) is 17.2 Å². The highest BCUT2D eigenvalue weighted by Crippen LogP contribution is 2.41. The molecule has 0 saturated carbocycles. The Hall–Kier alpha value is -2.24. The molecule has 0 spiro atoms. The number of nitrogens with one attached hydrogen (secondary N) is 1. The number of thiophene rings is 1. The lowest BCUT2D eigenvalue weighted by atomic mass is 10.2. The van der Waals surface area contributed by atoms with Crippen molar-refractivity contribution in [3.63, 3.8) is 0 Å². The summed E-state index contributed by atoms with van der Waals surface area (Å²) in [6.07, 6.45) is 0. The lowest BCUT2D eigenvalue weighted by molar-refractivity contribution is 0.429. The van der Waals surface area contributed by atoms with Gasteiger partial charge >= 0.3 is 0 Å². The van der Waals surface area contributed by atoms with E-state index in [0.29, 0.717) is 0 Å². The Morgan fingerprint density at radius 2 is 1.55 bits per heavy atom. The number of para-hydroxylation sites is 2. The van der Waals surface area contributed by atoms with Gasteiger partial charge in [0.2, 0.25) is 0 Å². The number of ether oxygens (including phenoxy) is 1. The molecule has 29 heavy (non-hydrogen) atoms. The van der Waals surface area contributed by atoms with Gasteiger partial charge in [-0.25, -0.2) is 0 Å². The van der Waals surface area contributed by atoms with Crippen molar-refractivity contribution < 1.29 is 9.16 Å². The Kier molecular flexibility index (Phi) is 6.10. The topological polar surface area (TPSA) is 30.5 Å². The van der Waals surface area contributed by atoms with Gasteiger partial charge in [0.25, 0.3) is 8.32 Å². The number of anilines is 2. The van der Waals surface area contributed by atoms with E-state index in [-0.39, 0.29) is 5.04 Å². The molecule has 1 N–H and O–H groups in total. The van der Waals surface area contributed by atoms with Crippen molar-refractivity contribution in [3.8, 4) is 17.2 Å². The van der Waals surface area contributed by atoms with Crippen molar-refractivity contribution in [1.82, 2.24) is 0 Å². The van der Waals surface area contributed by atoms with Crippen LogP contribution in [-0.2, 0) is 0 Å². The third kappa shape index (κ3) is 5.03. The van der Waals surface area contributed by atoms with E-state index in [1.54, 1.807) is 11.3 Å². The fourth-order valence-electron chi connectivity index (χ4n) is 2.65. The van der Waals surface area contributed by atoms with Gasteiger partial charge in [-0.1, -0.05) is 32.9 Å². The van der Waals surface area contributed by atoms with Crippen LogP contribution in [0.1, 0.15) is 31.9 Å². The highest BCUT2D eigenvalue weighted by Gasteiger charge is 2.39. The molecule has 0 aliphatic rings. The molecule has 0 aliphatic carbocycles. The number of rotatable bonds is 6. The van der Waals surface area contributed by atoms with E-state index in [9.17, 15) is 0 Å². The zero-order chi connectivity index (χ0) is 21.2. The monoisotopic (exact) mass is 425 g/mol. The molecular weight excluding hydrogens is 394 g/mol. The number of benzene rings is 2. The smallest absolute Gasteiger partial charge is 0.250 e. The second-order valence-corrected chi connectivity index (χ2v) is 14.4. The molecule has 1 aromatic heterocycles. The maximum Gasteiger partial charge on any atom is 0.250 e. The molecule has 0 bridgehead atoms. The summed E-state index contributed by atoms with van der Waals surface area (Å²) < 4.78 is 12.7. The zero-order valence-corrected chi connectivity index (χ0v) is 20.2. The molecule has 0 atom stereocenters. The Labute approximate surface area is 179 Å². The summed E-state index contributed by atoms with van der Waals surface area (Å²) in [6.45, 7) is 15.4. The highest BCUT2D eigenvalue weighted by molar-refractivity contribution is 7.08. The molecule has 5 heteroatoms. The second-order valence-electron chi connectivity index (χ2n) is 8.98. The van der Waals surface area contributed by atoms with E-state index in [2.05, 4.69) is 75.9 Å². The van der Waals surface area contributed by atoms with E-state index < -0.39 is 8.32 Å². The fourth-order valence-corrected chi connectivity index (χ4v) is 4.45. The van der Waals surface area contributed by atoms with Crippen molar-refractivity contribution in [2.75, 3.05) is 5.32 Å². The van der Waals surface area contributed by atoms with Gasteiger partial charge in [-0.05, 0) is 78.8 Å². The molecule has 1 heterocycles. The summed E-state index contributed by atoms with van der Waals surface area (Å²) in [4.78, 5) is 0. The van der Waals surface area contributed by atoms with Crippen LogP contribution in [0.25, 0.3) is 0 Å². The first-order valence-corrected chi connectivity index (χ1v) is 13.8. The Morgan fingerprint density at radius 3 is 2.14 bits per heavy atom. The van der Waals surface area contributed by atoms with Gasteiger partial charge in [0, 0.05) is 11.1 Å². The standard InChI is InChI=1S/C24H31NO2SSi/c1-17-14-19(12-13-20(17)25-21-16-28-15-18(21)2)26-22-10-8-9-11-23(22)27-29(6,7)24(3,4)5/h8-16,25H,1-7H3. The first kappa shape index (κ1) is 21.5. The molecular formula is C24H31NO2SSi. The van der Waals surface area contributed by atoms with E-state index in [1.165, 1.54) is 5.56 Å². The van der Waals surface area contributed by atoms with Crippen LogP contribution in [0.3, 0.4) is 0 Å². The molecule has 0 saturated heterocycles. The highest BCUT2D eigenvalue weighted by atomic mass is 32.1. The average molecular weight is 426 g/mol. The van der Waals surface area contributed by atoms with Crippen LogP contribution < -0.4 is 14.5 Å². The molecule has 3 rings (SSSR count). The summed E-state index contributed by atoms with van der Waals surface area (Å²) in [5, 5.41) is 7.91. The Morgan fingerprint density at radius 1 is 0.862 bits per heavy atom.